The Morgan fingerprint density at radius 2 is 2.18 bits per heavy atom. The van der Waals surface area contributed by atoms with Crippen molar-refractivity contribution in [1.82, 2.24) is 15.1 Å². The highest BCUT2D eigenvalue weighted by Crippen LogP contribution is 2.03. The Bertz CT molecular complexity index is 451. The molecular formula is C11H21N3O2S. The molecule has 0 bridgehead atoms. The minimum Gasteiger partial charge on any atom is -0.313 e. The zero-order chi connectivity index (χ0) is 12.9. The van der Waals surface area contributed by atoms with Crippen LogP contribution in [0.15, 0.2) is 6.20 Å². The van der Waals surface area contributed by atoms with Crippen LogP contribution in [0.1, 0.15) is 24.6 Å². The zero-order valence-electron chi connectivity index (χ0n) is 10.7. The number of hydrogen-bond acceptors (Lipinski definition) is 4. The van der Waals surface area contributed by atoms with Gasteiger partial charge in [-0.2, -0.15) is 5.10 Å². The Morgan fingerprint density at radius 3 is 2.71 bits per heavy atom. The molecule has 0 saturated carbocycles. The fourth-order valence-corrected chi connectivity index (χ4v) is 2.48. The van der Waals surface area contributed by atoms with Crippen molar-refractivity contribution in [2.75, 3.05) is 18.1 Å². The largest absolute Gasteiger partial charge is 0.313 e. The van der Waals surface area contributed by atoms with Crippen molar-refractivity contribution in [3.63, 3.8) is 0 Å². The van der Waals surface area contributed by atoms with Crippen LogP contribution in [-0.4, -0.2) is 36.2 Å². The van der Waals surface area contributed by atoms with Crippen molar-refractivity contribution in [2.45, 2.75) is 26.8 Å². The number of aromatic nitrogens is 2. The van der Waals surface area contributed by atoms with Gasteiger partial charge in [-0.05, 0) is 19.9 Å². The van der Waals surface area contributed by atoms with E-state index in [0.717, 1.165) is 17.8 Å². The molecule has 1 aromatic rings. The SMILES string of the molecule is CCS(=O)(=O)CCCNCc1cn(C)nc1C. The molecule has 98 valence electrons. The van der Waals surface area contributed by atoms with Gasteiger partial charge < -0.3 is 5.32 Å². The number of hydrogen-bond donors (Lipinski definition) is 1. The maximum absolute atomic E-state index is 11.2. The van der Waals surface area contributed by atoms with Crippen LogP contribution >= 0.6 is 0 Å². The lowest BCUT2D eigenvalue weighted by atomic mass is 10.2. The molecule has 0 aromatic carbocycles. The molecule has 0 aliphatic rings. The molecule has 1 N–H and O–H groups in total. The molecule has 0 atom stereocenters. The van der Waals surface area contributed by atoms with Gasteiger partial charge >= 0.3 is 0 Å². The Labute approximate surface area is 103 Å². The van der Waals surface area contributed by atoms with E-state index in [0.29, 0.717) is 13.0 Å². The summed E-state index contributed by atoms with van der Waals surface area (Å²) in [6.45, 7) is 5.11. The van der Waals surface area contributed by atoms with Gasteiger partial charge in [-0.15, -0.1) is 0 Å². The van der Waals surface area contributed by atoms with E-state index in [-0.39, 0.29) is 11.5 Å². The van der Waals surface area contributed by atoms with E-state index in [2.05, 4.69) is 10.4 Å². The smallest absolute Gasteiger partial charge is 0.150 e. The summed E-state index contributed by atoms with van der Waals surface area (Å²) in [7, 11) is -0.932. The molecule has 0 aliphatic heterocycles. The lowest BCUT2D eigenvalue weighted by Gasteiger charge is -2.04. The van der Waals surface area contributed by atoms with Crippen molar-refractivity contribution < 1.29 is 8.42 Å². The molecule has 5 nitrogen and oxygen atoms in total. The molecule has 0 saturated heterocycles. The summed E-state index contributed by atoms with van der Waals surface area (Å²) >= 11 is 0. The summed E-state index contributed by atoms with van der Waals surface area (Å²) in [6.07, 6.45) is 2.64. The minimum absolute atomic E-state index is 0.231. The normalized spacial score (nSPS) is 11.9. The first-order valence-corrected chi connectivity index (χ1v) is 7.67. The Balaban J connectivity index is 2.23. The third kappa shape index (κ3) is 4.87. The third-order valence-electron chi connectivity index (χ3n) is 2.68. The number of sulfone groups is 1. The number of aryl methyl sites for hydroxylation is 2. The van der Waals surface area contributed by atoms with E-state index >= 15 is 0 Å². The van der Waals surface area contributed by atoms with Crippen molar-refractivity contribution >= 4 is 9.84 Å². The van der Waals surface area contributed by atoms with Crippen LogP contribution in [0.4, 0.5) is 0 Å². The fraction of sp³-hybridized carbons (Fsp3) is 0.727. The molecule has 0 aliphatic carbocycles. The quantitative estimate of drug-likeness (QED) is 0.730. The van der Waals surface area contributed by atoms with Gasteiger partial charge in [0.05, 0.1) is 11.4 Å². The van der Waals surface area contributed by atoms with Gasteiger partial charge in [-0.1, -0.05) is 6.92 Å². The maximum atomic E-state index is 11.2. The topological polar surface area (TPSA) is 64.0 Å². The van der Waals surface area contributed by atoms with Crippen molar-refractivity contribution in [1.29, 1.82) is 0 Å². The molecule has 6 heteroatoms. The predicted molar refractivity (Wildman–Crippen MR) is 68.6 cm³/mol. The summed E-state index contributed by atoms with van der Waals surface area (Å²) in [5.41, 5.74) is 2.17. The Morgan fingerprint density at radius 1 is 1.47 bits per heavy atom. The average Bonchev–Trinajstić information content (AvgIpc) is 2.57. The fourth-order valence-electron chi connectivity index (χ4n) is 1.61. The van der Waals surface area contributed by atoms with Crippen LogP contribution in [0.25, 0.3) is 0 Å². The predicted octanol–water partition coefficient (Wildman–Crippen LogP) is 0.643. The van der Waals surface area contributed by atoms with Gasteiger partial charge in [-0.3, -0.25) is 4.68 Å². The van der Waals surface area contributed by atoms with Crippen molar-refractivity contribution in [3.8, 4) is 0 Å². The molecular weight excluding hydrogens is 238 g/mol. The molecule has 1 rings (SSSR count). The molecule has 1 heterocycles. The van der Waals surface area contributed by atoms with Crippen LogP contribution in [0.2, 0.25) is 0 Å². The molecule has 0 spiro atoms. The third-order valence-corrected chi connectivity index (χ3v) is 4.47. The first-order valence-electron chi connectivity index (χ1n) is 5.85. The maximum Gasteiger partial charge on any atom is 0.150 e. The van der Waals surface area contributed by atoms with Crippen LogP contribution in [0, 0.1) is 6.92 Å². The van der Waals surface area contributed by atoms with E-state index in [1.54, 1.807) is 11.6 Å². The second-order valence-corrected chi connectivity index (χ2v) is 6.65. The lowest BCUT2D eigenvalue weighted by Crippen LogP contribution is -2.19. The highest BCUT2D eigenvalue weighted by molar-refractivity contribution is 7.91. The van der Waals surface area contributed by atoms with Gasteiger partial charge in [0.2, 0.25) is 0 Å². The van der Waals surface area contributed by atoms with Crippen LogP contribution in [-0.2, 0) is 23.4 Å². The van der Waals surface area contributed by atoms with E-state index in [9.17, 15) is 8.42 Å². The van der Waals surface area contributed by atoms with Crippen LogP contribution in [0.5, 0.6) is 0 Å². The van der Waals surface area contributed by atoms with E-state index in [1.807, 2.05) is 20.2 Å². The van der Waals surface area contributed by atoms with Crippen molar-refractivity contribution in [3.05, 3.63) is 17.5 Å². The second-order valence-electron chi connectivity index (χ2n) is 4.18. The average molecular weight is 259 g/mol. The standard InChI is InChI=1S/C11H21N3O2S/c1-4-17(15,16)7-5-6-12-8-11-9-14(3)13-10(11)2/h9,12H,4-8H2,1-3H3. The van der Waals surface area contributed by atoms with E-state index < -0.39 is 9.84 Å². The highest BCUT2D eigenvalue weighted by Gasteiger charge is 2.06. The van der Waals surface area contributed by atoms with Crippen LogP contribution in [0.3, 0.4) is 0 Å². The first-order chi connectivity index (χ1) is 7.94. The van der Waals surface area contributed by atoms with Gasteiger partial charge in [-0.25, -0.2) is 8.42 Å². The molecule has 0 unspecified atom stereocenters. The van der Waals surface area contributed by atoms with Crippen LogP contribution < -0.4 is 5.32 Å². The van der Waals surface area contributed by atoms with Gasteiger partial charge in [0.25, 0.3) is 0 Å². The molecule has 0 fully saturated rings. The summed E-state index contributed by atoms with van der Waals surface area (Å²) in [5, 5.41) is 7.48. The Hall–Kier alpha value is -0.880. The van der Waals surface area contributed by atoms with E-state index in [1.165, 1.54) is 0 Å². The summed E-state index contributed by atoms with van der Waals surface area (Å²) in [6, 6.07) is 0. The number of nitrogens with zero attached hydrogens (tertiary/aromatic N) is 2. The van der Waals surface area contributed by atoms with Gasteiger partial charge in [0.1, 0.15) is 9.84 Å². The summed E-state index contributed by atoms with van der Waals surface area (Å²) in [4.78, 5) is 0. The molecule has 1 aromatic heterocycles. The first kappa shape index (κ1) is 14.2. The molecule has 0 amide bonds. The van der Waals surface area contributed by atoms with Gasteiger partial charge in [0, 0.05) is 31.1 Å². The summed E-state index contributed by atoms with van der Waals surface area (Å²) in [5.74, 6) is 0.497. The Kier molecular flexibility index (Phi) is 5.14. The zero-order valence-corrected chi connectivity index (χ0v) is 11.5. The monoisotopic (exact) mass is 259 g/mol. The number of rotatable bonds is 7. The highest BCUT2D eigenvalue weighted by atomic mass is 32.2. The second kappa shape index (κ2) is 6.16. The van der Waals surface area contributed by atoms with Crippen molar-refractivity contribution in [2.24, 2.45) is 7.05 Å². The lowest BCUT2D eigenvalue weighted by molar-refractivity contribution is 0.590. The molecule has 0 radical (unpaired) electrons. The summed E-state index contributed by atoms with van der Waals surface area (Å²) < 4.78 is 24.3. The van der Waals surface area contributed by atoms with E-state index in [4.69, 9.17) is 0 Å². The van der Waals surface area contributed by atoms with Gasteiger partial charge in [0.15, 0.2) is 0 Å². The molecule has 17 heavy (non-hydrogen) atoms. The minimum atomic E-state index is -2.83. The number of nitrogens with one attached hydrogen (secondary N) is 1.